The Balaban J connectivity index is 1.25. The van der Waals surface area contributed by atoms with Crippen LogP contribution in [0, 0.1) is 0 Å². The molecule has 0 radical (unpaired) electrons. The maximum Gasteiger partial charge on any atom is 0.509 e. The van der Waals surface area contributed by atoms with Gasteiger partial charge >= 0.3 is 24.2 Å². The Labute approximate surface area is 314 Å². The standard InChI is InChI=1S/C38H51N3O13/c1-21(48-33(46)53-35(3,4)5)31(44)40-17-13-27(42)50-25-12-15-38(52-28(43)14-18-41-32(45)22(2)49-34(47)54-36(6,7)8)37-16-19-39-24(30(25)37)20-23-10-9-11-26(51-38)29(23)37/h9-11,21-22,24,39H,12-20H2,1-8H3,(H,40,44)(H,41,45)/t21-,22-,24?,37?,38?/m0/s1. The maximum absolute atomic E-state index is 13.5. The lowest BCUT2D eigenvalue weighted by Gasteiger charge is -2.55. The van der Waals surface area contributed by atoms with E-state index in [1.807, 2.05) is 18.2 Å². The molecule has 3 N–H and O–H groups in total. The van der Waals surface area contributed by atoms with Crippen LogP contribution < -0.4 is 20.7 Å². The largest absolute Gasteiger partial charge is 0.509 e. The third-order valence-corrected chi connectivity index (χ3v) is 9.40. The topological polar surface area (TPSA) is 203 Å². The van der Waals surface area contributed by atoms with Gasteiger partial charge in [-0.05, 0) is 86.4 Å². The number of rotatable bonds is 12. The molecule has 5 atom stereocenters. The van der Waals surface area contributed by atoms with Gasteiger partial charge in [-0.25, -0.2) is 9.59 Å². The Morgan fingerprint density at radius 1 is 0.852 bits per heavy atom. The lowest BCUT2D eigenvalue weighted by atomic mass is 9.55. The fraction of sp³-hybridized carbons (Fsp3) is 0.632. The molecular formula is C38H51N3O13. The summed E-state index contributed by atoms with van der Waals surface area (Å²) in [6, 6.07) is 5.54. The van der Waals surface area contributed by atoms with E-state index >= 15 is 0 Å². The van der Waals surface area contributed by atoms with E-state index in [0.717, 1.165) is 16.7 Å². The summed E-state index contributed by atoms with van der Waals surface area (Å²) in [4.78, 5) is 75.7. The first-order valence-electron chi connectivity index (χ1n) is 18.3. The first-order chi connectivity index (χ1) is 25.2. The number of benzene rings is 1. The molecular weight excluding hydrogens is 706 g/mol. The predicted molar refractivity (Wildman–Crippen MR) is 189 cm³/mol. The van der Waals surface area contributed by atoms with Crippen molar-refractivity contribution in [2.45, 2.75) is 135 Å². The molecule has 4 aliphatic rings. The molecule has 2 aliphatic heterocycles. The molecule has 3 unspecified atom stereocenters. The number of allylic oxidation sites excluding steroid dienone is 1. The minimum Gasteiger partial charge on any atom is -0.451 e. The highest BCUT2D eigenvalue weighted by molar-refractivity contribution is 5.83. The van der Waals surface area contributed by atoms with Gasteiger partial charge in [-0.3, -0.25) is 19.2 Å². The van der Waals surface area contributed by atoms with Crippen LogP contribution in [-0.4, -0.2) is 90.9 Å². The van der Waals surface area contributed by atoms with Crippen molar-refractivity contribution in [2.75, 3.05) is 19.6 Å². The molecule has 2 amide bonds. The number of hydrogen-bond acceptors (Lipinski definition) is 14. The minimum atomic E-state index is -1.43. The van der Waals surface area contributed by atoms with Gasteiger partial charge in [0.05, 0.1) is 12.8 Å². The van der Waals surface area contributed by atoms with Crippen molar-refractivity contribution in [1.82, 2.24) is 16.0 Å². The molecule has 2 bridgehead atoms. The molecule has 16 nitrogen and oxygen atoms in total. The first-order valence-corrected chi connectivity index (χ1v) is 18.3. The van der Waals surface area contributed by atoms with E-state index in [9.17, 15) is 28.8 Å². The van der Waals surface area contributed by atoms with Crippen LogP contribution >= 0.6 is 0 Å². The molecule has 5 rings (SSSR count). The maximum atomic E-state index is 13.5. The van der Waals surface area contributed by atoms with Crippen LogP contribution in [0.2, 0.25) is 0 Å². The summed E-state index contributed by atoms with van der Waals surface area (Å²) in [5, 5.41) is 8.72. The van der Waals surface area contributed by atoms with E-state index in [1.54, 1.807) is 41.5 Å². The van der Waals surface area contributed by atoms with E-state index in [0.29, 0.717) is 30.9 Å². The van der Waals surface area contributed by atoms with Crippen LogP contribution in [0.25, 0.3) is 0 Å². The summed E-state index contributed by atoms with van der Waals surface area (Å²) in [5.74, 6) is -2.75. The number of esters is 2. The van der Waals surface area contributed by atoms with Crippen molar-refractivity contribution in [1.29, 1.82) is 0 Å². The monoisotopic (exact) mass is 757 g/mol. The third kappa shape index (κ3) is 8.74. The lowest BCUT2D eigenvalue weighted by Crippen LogP contribution is -2.66. The number of carbonyl (C=O) groups is 6. The van der Waals surface area contributed by atoms with Gasteiger partial charge in [0.25, 0.3) is 17.6 Å². The average Bonchev–Trinajstić information content (AvgIpc) is 3.31. The number of nitrogens with one attached hydrogen (secondary N) is 3. The lowest BCUT2D eigenvalue weighted by molar-refractivity contribution is -0.221. The second-order valence-corrected chi connectivity index (χ2v) is 15.8. The van der Waals surface area contributed by atoms with Gasteiger partial charge in [0, 0.05) is 43.1 Å². The van der Waals surface area contributed by atoms with Crippen LogP contribution in [0.1, 0.15) is 98.6 Å². The summed E-state index contributed by atoms with van der Waals surface area (Å²) in [6.45, 7) is 13.3. The SMILES string of the molecule is C[C@H](OC(=O)OC(C)(C)C)C(=O)NCCC(=O)OC1=C2C3Cc4cccc5c4C2(CCN3)C(OC(=O)CCNC(=O)[C@H](C)OC(=O)OC(C)(C)C)(CC1)O5. The zero-order valence-electron chi connectivity index (χ0n) is 32.1. The van der Waals surface area contributed by atoms with Crippen molar-refractivity contribution in [2.24, 2.45) is 0 Å². The Morgan fingerprint density at radius 3 is 2.00 bits per heavy atom. The predicted octanol–water partition coefficient (Wildman–Crippen LogP) is 3.76. The molecule has 296 valence electrons. The second-order valence-electron chi connectivity index (χ2n) is 15.8. The van der Waals surface area contributed by atoms with Crippen molar-refractivity contribution in [3.63, 3.8) is 0 Å². The smallest absolute Gasteiger partial charge is 0.451 e. The van der Waals surface area contributed by atoms with Gasteiger partial charge in [0.15, 0.2) is 12.2 Å². The average molecular weight is 758 g/mol. The molecule has 0 saturated carbocycles. The Kier molecular flexibility index (Phi) is 11.6. The summed E-state index contributed by atoms with van der Waals surface area (Å²) in [6.07, 6.45) is -3.08. The zero-order chi connectivity index (χ0) is 39.6. The van der Waals surface area contributed by atoms with Gasteiger partial charge in [0.2, 0.25) is 0 Å². The van der Waals surface area contributed by atoms with Crippen molar-refractivity contribution >= 4 is 36.1 Å². The third-order valence-electron chi connectivity index (χ3n) is 9.40. The van der Waals surface area contributed by atoms with Crippen LogP contribution in [0.4, 0.5) is 9.59 Å². The molecule has 1 aromatic rings. The molecule has 1 spiro atoms. The highest BCUT2D eigenvalue weighted by Gasteiger charge is 2.71. The van der Waals surface area contributed by atoms with Crippen molar-refractivity contribution < 1.29 is 61.9 Å². The number of hydrogen-bond donors (Lipinski definition) is 3. The van der Waals surface area contributed by atoms with E-state index < -0.39 is 70.7 Å². The molecule has 1 aromatic carbocycles. The first kappa shape index (κ1) is 40.3. The molecule has 54 heavy (non-hydrogen) atoms. The van der Waals surface area contributed by atoms with Crippen molar-refractivity contribution in [3.8, 4) is 5.75 Å². The van der Waals surface area contributed by atoms with Crippen LogP contribution in [0.3, 0.4) is 0 Å². The summed E-state index contributed by atoms with van der Waals surface area (Å²) in [7, 11) is 0. The minimum absolute atomic E-state index is 0.0603. The van der Waals surface area contributed by atoms with Gasteiger partial charge < -0.3 is 49.1 Å². The number of piperidine rings is 1. The quantitative estimate of drug-likeness (QED) is 0.205. The highest BCUT2D eigenvalue weighted by atomic mass is 16.7. The molecule has 1 saturated heterocycles. The van der Waals surface area contributed by atoms with E-state index in [2.05, 4.69) is 16.0 Å². The van der Waals surface area contributed by atoms with Gasteiger partial charge in [0.1, 0.15) is 28.1 Å². The van der Waals surface area contributed by atoms with Gasteiger partial charge in [-0.2, -0.15) is 0 Å². The van der Waals surface area contributed by atoms with Crippen molar-refractivity contribution in [3.05, 3.63) is 40.7 Å². The number of ether oxygens (including phenoxy) is 7. The second kappa shape index (κ2) is 15.5. The highest BCUT2D eigenvalue weighted by Crippen LogP contribution is 2.65. The fourth-order valence-electron chi connectivity index (χ4n) is 7.39. The normalized spacial score (nSPS) is 23.4. The fourth-order valence-corrected chi connectivity index (χ4v) is 7.39. The molecule has 2 heterocycles. The Bertz CT molecular complexity index is 1710. The summed E-state index contributed by atoms with van der Waals surface area (Å²) in [5.41, 5.74) is 0.236. The number of amides is 2. The Morgan fingerprint density at radius 2 is 1.43 bits per heavy atom. The van der Waals surface area contributed by atoms with E-state index in [1.165, 1.54) is 13.8 Å². The summed E-state index contributed by atoms with van der Waals surface area (Å²) >= 11 is 0. The van der Waals surface area contributed by atoms with Crippen LogP contribution in [0.15, 0.2) is 29.5 Å². The zero-order valence-corrected chi connectivity index (χ0v) is 32.1. The van der Waals surface area contributed by atoms with Crippen LogP contribution in [0.5, 0.6) is 5.75 Å². The molecule has 0 aromatic heterocycles. The molecule has 16 heteroatoms. The Hall–Kier alpha value is -4.86. The van der Waals surface area contributed by atoms with Gasteiger partial charge in [-0.15, -0.1) is 0 Å². The van der Waals surface area contributed by atoms with Crippen LogP contribution in [-0.2, 0) is 59.4 Å². The summed E-state index contributed by atoms with van der Waals surface area (Å²) < 4.78 is 39.2. The molecule has 1 fully saturated rings. The molecule has 2 aliphatic carbocycles. The van der Waals surface area contributed by atoms with E-state index in [4.69, 9.17) is 33.2 Å². The number of carbonyl (C=O) groups excluding carboxylic acids is 6. The van der Waals surface area contributed by atoms with Gasteiger partial charge in [-0.1, -0.05) is 12.1 Å². The van der Waals surface area contributed by atoms with E-state index in [-0.39, 0.29) is 44.8 Å².